The number of esters is 1. The Morgan fingerprint density at radius 1 is 1.04 bits per heavy atom. The van der Waals surface area contributed by atoms with E-state index in [0.29, 0.717) is 16.4 Å². The molecule has 0 saturated carbocycles. The Morgan fingerprint density at radius 3 is 2.61 bits per heavy atom. The van der Waals surface area contributed by atoms with Gasteiger partial charge in [0.15, 0.2) is 0 Å². The summed E-state index contributed by atoms with van der Waals surface area (Å²) >= 11 is 5.99. The van der Waals surface area contributed by atoms with E-state index in [2.05, 4.69) is 15.6 Å². The van der Waals surface area contributed by atoms with Crippen molar-refractivity contribution in [2.24, 2.45) is 0 Å². The molecule has 0 atom stereocenters. The molecule has 0 aliphatic heterocycles. The number of ether oxygens (including phenoxy) is 1. The van der Waals surface area contributed by atoms with Crippen molar-refractivity contribution < 1.29 is 14.3 Å². The molecular formula is C21H18ClN3O3. The summed E-state index contributed by atoms with van der Waals surface area (Å²) in [6.07, 6.45) is 1.53. The van der Waals surface area contributed by atoms with Crippen LogP contribution in [0.3, 0.4) is 0 Å². The number of carbonyl (C=O) groups excluding carboxylic acids is 2. The van der Waals surface area contributed by atoms with E-state index in [1.165, 1.54) is 6.20 Å². The van der Waals surface area contributed by atoms with Crippen LogP contribution in [0.1, 0.15) is 27.8 Å². The van der Waals surface area contributed by atoms with Gasteiger partial charge < -0.3 is 15.4 Å². The summed E-state index contributed by atoms with van der Waals surface area (Å²) < 4.78 is 5.02. The first-order chi connectivity index (χ1) is 13.6. The number of para-hydroxylation sites is 1. The van der Waals surface area contributed by atoms with Gasteiger partial charge in [-0.2, -0.15) is 0 Å². The zero-order valence-electron chi connectivity index (χ0n) is 15.1. The minimum absolute atomic E-state index is 0.200. The molecule has 0 bridgehead atoms. The maximum absolute atomic E-state index is 12.6. The molecule has 0 spiro atoms. The van der Waals surface area contributed by atoms with E-state index in [9.17, 15) is 9.59 Å². The lowest BCUT2D eigenvalue weighted by Crippen LogP contribution is -2.17. The van der Waals surface area contributed by atoms with E-state index in [-0.39, 0.29) is 17.9 Å². The lowest BCUT2D eigenvalue weighted by molar-refractivity contribution is 0.0527. The van der Waals surface area contributed by atoms with Crippen LogP contribution in [0.25, 0.3) is 0 Å². The van der Waals surface area contributed by atoms with Crippen molar-refractivity contribution in [1.82, 2.24) is 4.98 Å². The second kappa shape index (κ2) is 9.01. The molecule has 0 fully saturated rings. The smallest absolute Gasteiger partial charge is 0.340 e. The molecule has 0 aliphatic carbocycles. The minimum atomic E-state index is -0.497. The van der Waals surface area contributed by atoms with Gasteiger partial charge >= 0.3 is 5.97 Å². The molecule has 0 saturated heterocycles. The molecule has 1 aromatic heterocycles. The molecule has 7 heteroatoms. The van der Waals surface area contributed by atoms with Crippen LogP contribution in [0, 0.1) is 0 Å². The molecule has 3 rings (SSSR count). The molecule has 2 N–H and O–H groups in total. The Hall–Kier alpha value is -3.38. The number of rotatable bonds is 6. The third-order valence-electron chi connectivity index (χ3n) is 3.78. The fraction of sp³-hybridized carbons (Fsp3) is 0.0952. The van der Waals surface area contributed by atoms with Crippen LogP contribution in [0.4, 0.5) is 17.1 Å². The lowest BCUT2D eigenvalue weighted by atomic mass is 10.1. The van der Waals surface area contributed by atoms with Crippen LogP contribution in [0.5, 0.6) is 0 Å². The molecule has 0 radical (unpaired) electrons. The Kier molecular flexibility index (Phi) is 6.24. The predicted molar refractivity (Wildman–Crippen MR) is 109 cm³/mol. The molecule has 28 heavy (non-hydrogen) atoms. The molecule has 1 amide bonds. The van der Waals surface area contributed by atoms with Crippen LogP contribution in [0.15, 0.2) is 66.9 Å². The Bertz CT molecular complexity index is 1010. The van der Waals surface area contributed by atoms with Gasteiger partial charge in [0.2, 0.25) is 0 Å². The highest BCUT2D eigenvalue weighted by Gasteiger charge is 2.15. The number of amides is 1. The van der Waals surface area contributed by atoms with Gasteiger partial charge in [0.05, 0.1) is 17.9 Å². The number of nitrogens with zero attached hydrogens (tertiary/aromatic N) is 1. The lowest BCUT2D eigenvalue weighted by Gasteiger charge is -2.11. The molecule has 6 nitrogen and oxygen atoms in total. The van der Waals surface area contributed by atoms with E-state index in [1.54, 1.807) is 55.5 Å². The largest absolute Gasteiger partial charge is 0.462 e. The van der Waals surface area contributed by atoms with Gasteiger partial charge in [-0.15, -0.1) is 0 Å². The van der Waals surface area contributed by atoms with E-state index in [1.807, 2.05) is 12.1 Å². The quantitative estimate of drug-likeness (QED) is 0.580. The molecule has 3 aromatic rings. The minimum Gasteiger partial charge on any atom is -0.462 e. The number of benzene rings is 2. The number of carbonyl (C=O) groups is 2. The summed E-state index contributed by atoms with van der Waals surface area (Å²) in [5, 5.41) is 6.49. The Balaban J connectivity index is 1.78. The average Bonchev–Trinajstić information content (AvgIpc) is 2.69. The first-order valence-electron chi connectivity index (χ1n) is 8.63. The number of pyridine rings is 1. The molecule has 1 heterocycles. The van der Waals surface area contributed by atoms with E-state index in [0.717, 1.165) is 5.69 Å². The van der Waals surface area contributed by atoms with Gasteiger partial charge in [0.1, 0.15) is 5.69 Å². The first-order valence-corrected chi connectivity index (χ1v) is 9.00. The van der Waals surface area contributed by atoms with Gasteiger partial charge in [-0.25, -0.2) is 4.79 Å². The Morgan fingerprint density at radius 2 is 1.82 bits per heavy atom. The third kappa shape index (κ3) is 4.86. The zero-order valence-corrected chi connectivity index (χ0v) is 15.9. The molecular weight excluding hydrogens is 378 g/mol. The second-order valence-corrected chi connectivity index (χ2v) is 6.22. The van der Waals surface area contributed by atoms with Crippen molar-refractivity contribution >= 4 is 40.5 Å². The van der Waals surface area contributed by atoms with Gasteiger partial charge in [-0.1, -0.05) is 29.8 Å². The number of hydrogen-bond donors (Lipinski definition) is 2. The van der Waals surface area contributed by atoms with Crippen LogP contribution < -0.4 is 10.6 Å². The summed E-state index contributed by atoms with van der Waals surface area (Å²) in [4.78, 5) is 28.8. The van der Waals surface area contributed by atoms with Crippen molar-refractivity contribution in [1.29, 1.82) is 0 Å². The van der Waals surface area contributed by atoms with Crippen LogP contribution in [0.2, 0.25) is 5.02 Å². The highest BCUT2D eigenvalue weighted by molar-refractivity contribution is 6.30. The SMILES string of the molecule is CCOC(=O)c1ccccc1NC(=O)c1cc(Nc2cccc(Cl)c2)ccn1. The van der Waals surface area contributed by atoms with E-state index >= 15 is 0 Å². The normalized spacial score (nSPS) is 10.2. The predicted octanol–water partition coefficient (Wildman–Crippen LogP) is 4.91. The molecule has 142 valence electrons. The van der Waals surface area contributed by atoms with Crippen molar-refractivity contribution in [3.63, 3.8) is 0 Å². The maximum atomic E-state index is 12.6. The maximum Gasteiger partial charge on any atom is 0.340 e. The molecule has 2 aromatic carbocycles. The van der Waals surface area contributed by atoms with Gasteiger partial charge in [-0.3, -0.25) is 9.78 Å². The standard InChI is InChI=1S/C21H18ClN3O3/c1-2-28-21(27)17-8-3-4-9-18(17)25-20(26)19-13-16(10-11-23-19)24-15-7-5-6-14(22)12-15/h3-13H,2H2,1H3,(H,23,24)(H,25,26). The zero-order chi connectivity index (χ0) is 19.9. The van der Waals surface area contributed by atoms with Crippen LogP contribution >= 0.6 is 11.6 Å². The number of anilines is 3. The average molecular weight is 396 g/mol. The van der Waals surface area contributed by atoms with Crippen molar-refractivity contribution in [2.75, 3.05) is 17.2 Å². The summed E-state index contributed by atoms with van der Waals surface area (Å²) in [7, 11) is 0. The Labute approximate surface area is 167 Å². The molecule has 0 aliphatic rings. The number of hydrogen-bond acceptors (Lipinski definition) is 5. The fourth-order valence-corrected chi connectivity index (χ4v) is 2.72. The summed E-state index contributed by atoms with van der Waals surface area (Å²) in [6.45, 7) is 1.97. The first kappa shape index (κ1) is 19.4. The van der Waals surface area contributed by atoms with Crippen molar-refractivity contribution in [2.45, 2.75) is 6.92 Å². The molecule has 0 unspecified atom stereocenters. The van der Waals surface area contributed by atoms with E-state index < -0.39 is 11.9 Å². The summed E-state index contributed by atoms with van der Waals surface area (Å²) in [5.41, 5.74) is 2.32. The highest BCUT2D eigenvalue weighted by Crippen LogP contribution is 2.21. The van der Waals surface area contributed by atoms with Crippen LogP contribution in [-0.2, 0) is 4.74 Å². The number of nitrogens with one attached hydrogen (secondary N) is 2. The van der Waals surface area contributed by atoms with Gasteiger partial charge in [0.25, 0.3) is 5.91 Å². The number of aromatic nitrogens is 1. The highest BCUT2D eigenvalue weighted by atomic mass is 35.5. The van der Waals surface area contributed by atoms with E-state index in [4.69, 9.17) is 16.3 Å². The summed E-state index contributed by atoms with van der Waals surface area (Å²) in [5.74, 6) is -0.936. The topological polar surface area (TPSA) is 80.3 Å². The number of halogens is 1. The fourth-order valence-electron chi connectivity index (χ4n) is 2.53. The van der Waals surface area contributed by atoms with Gasteiger partial charge in [0, 0.05) is 22.6 Å². The van der Waals surface area contributed by atoms with Crippen LogP contribution in [-0.4, -0.2) is 23.5 Å². The van der Waals surface area contributed by atoms with Gasteiger partial charge in [-0.05, 0) is 49.4 Å². The van der Waals surface area contributed by atoms with Crippen molar-refractivity contribution in [3.05, 3.63) is 83.1 Å². The van der Waals surface area contributed by atoms with Crippen molar-refractivity contribution in [3.8, 4) is 0 Å². The monoisotopic (exact) mass is 395 g/mol. The third-order valence-corrected chi connectivity index (χ3v) is 4.01. The summed E-state index contributed by atoms with van der Waals surface area (Å²) in [6, 6.07) is 17.3. The second-order valence-electron chi connectivity index (χ2n) is 5.79.